The molecule has 1 aromatic carbocycles. The Morgan fingerprint density at radius 2 is 2.08 bits per heavy atom. The zero-order chi connectivity index (χ0) is 17.4. The number of hydrogen-bond donors (Lipinski definition) is 2. The van der Waals surface area contributed by atoms with Gasteiger partial charge in [-0.15, -0.1) is 0 Å². The molecule has 0 radical (unpaired) electrons. The van der Waals surface area contributed by atoms with Crippen molar-refractivity contribution in [1.82, 2.24) is 20.4 Å². The molecule has 6 nitrogen and oxygen atoms in total. The number of nitrogens with zero attached hydrogens (tertiary/aromatic N) is 2. The van der Waals surface area contributed by atoms with Gasteiger partial charge >= 0.3 is 0 Å². The first-order valence-corrected chi connectivity index (χ1v) is 8.77. The summed E-state index contributed by atoms with van der Waals surface area (Å²) in [5, 5.41) is 10.9. The number of rotatable bonds is 5. The van der Waals surface area contributed by atoms with Gasteiger partial charge in [-0.3, -0.25) is 9.48 Å². The molecular weight excluding hydrogens is 316 g/mol. The van der Waals surface area contributed by atoms with Crippen molar-refractivity contribution in [2.24, 2.45) is 13.0 Å². The van der Waals surface area contributed by atoms with Crippen LogP contribution in [0.5, 0.6) is 5.75 Å². The van der Waals surface area contributed by atoms with Crippen molar-refractivity contribution >= 4 is 5.91 Å². The molecule has 2 fully saturated rings. The van der Waals surface area contributed by atoms with Gasteiger partial charge in [0.05, 0.1) is 24.8 Å². The van der Waals surface area contributed by atoms with E-state index in [1.807, 2.05) is 31.6 Å². The molecule has 2 heterocycles. The maximum atomic E-state index is 13.0. The second-order valence-electron chi connectivity index (χ2n) is 7.12. The summed E-state index contributed by atoms with van der Waals surface area (Å²) < 4.78 is 7.02. The van der Waals surface area contributed by atoms with E-state index in [4.69, 9.17) is 4.74 Å². The molecule has 132 valence electrons. The monoisotopic (exact) mass is 340 g/mol. The maximum Gasteiger partial charge on any atom is 0.225 e. The number of aryl methyl sites for hydroxylation is 1. The fourth-order valence-electron chi connectivity index (χ4n) is 3.79. The Kier molecular flexibility index (Phi) is 4.00. The highest BCUT2D eigenvalue weighted by molar-refractivity contribution is 5.82. The van der Waals surface area contributed by atoms with Gasteiger partial charge < -0.3 is 15.4 Å². The average Bonchev–Trinajstić information content (AvgIpc) is 3.05. The van der Waals surface area contributed by atoms with E-state index in [9.17, 15) is 4.79 Å². The van der Waals surface area contributed by atoms with Crippen LogP contribution in [0.4, 0.5) is 0 Å². The van der Waals surface area contributed by atoms with Crippen LogP contribution in [-0.2, 0) is 17.4 Å². The lowest BCUT2D eigenvalue weighted by atomic mass is 9.89. The third kappa shape index (κ3) is 3.02. The third-order valence-electron chi connectivity index (χ3n) is 5.46. The van der Waals surface area contributed by atoms with Gasteiger partial charge in [-0.2, -0.15) is 5.10 Å². The number of amides is 1. The molecule has 2 aliphatic rings. The van der Waals surface area contributed by atoms with Crippen molar-refractivity contribution in [3.8, 4) is 5.75 Å². The van der Waals surface area contributed by atoms with E-state index >= 15 is 0 Å². The van der Waals surface area contributed by atoms with E-state index in [1.54, 1.807) is 11.8 Å². The first-order valence-electron chi connectivity index (χ1n) is 8.77. The molecule has 2 aromatic rings. The fourth-order valence-corrected chi connectivity index (χ4v) is 3.79. The first-order chi connectivity index (χ1) is 12.1. The van der Waals surface area contributed by atoms with Crippen LogP contribution >= 0.6 is 0 Å². The van der Waals surface area contributed by atoms with E-state index in [0.29, 0.717) is 6.54 Å². The van der Waals surface area contributed by atoms with E-state index in [1.165, 1.54) is 0 Å². The zero-order valence-electron chi connectivity index (χ0n) is 14.7. The Balaban J connectivity index is 1.49. The molecule has 6 heteroatoms. The molecule has 1 saturated carbocycles. The van der Waals surface area contributed by atoms with Gasteiger partial charge in [0.15, 0.2) is 0 Å². The summed E-state index contributed by atoms with van der Waals surface area (Å²) in [6, 6.07) is 8.02. The quantitative estimate of drug-likeness (QED) is 0.866. The van der Waals surface area contributed by atoms with Gasteiger partial charge in [0.1, 0.15) is 5.75 Å². The topological polar surface area (TPSA) is 68.2 Å². The summed E-state index contributed by atoms with van der Waals surface area (Å²) in [5.41, 5.74) is 2.08. The molecule has 2 atom stereocenters. The number of methoxy groups -OCH3 is 1. The number of benzene rings is 1. The van der Waals surface area contributed by atoms with Crippen molar-refractivity contribution < 1.29 is 9.53 Å². The van der Waals surface area contributed by atoms with Crippen LogP contribution in [0.1, 0.15) is 29.9 Å². The zero-order valence-corrected chi connectivity index (χ0v) is 14.7. The van der Waals surface area contributed by atoms with Gasteiger partial charge in [0.25, 0.3) is 0 Å². The lowest BCUT2D eigenvalue weighted by Crippen LogP contribution is -2.41. The predicted molar refractivity (Wildman–Crippen MR) is 94.4 cm³/mol. The second-order valence-corrected chi connectivity index (χ2v) is 7.12. The number of carbonyl (C=O) groups is 1. The Hall–Kier alpha value is -2.34. The largest absolute Gasteiger partial charge is 0.497 e. The van der Waals surface area contributed by atoms with Gasteiger partial charge in [-0.05, 0) is 36.1 Å². The van der Waals surface area contributed by atoms with Crippen LogP contribution in [0.2, 0.25) is 0 Å². The van der Waals surface area contributed by atoms with Crippen LogP contribution in [0, 0.1) is 5.92 Å². The minimum Gasteiger partial charge on any atom is -0.497 e. The standard InChI is InChI=1S/C19H24N4O2/c1-23-12-13(9-21-23)16-10-20-11-17(16)18(24)22-19(7-8-19)14-3-5-15(25-2)6-4-14/h3-6,9,12,16-17,20H,7-8,10-11H2,1-2H3,(H,22,24)/t16-,17+/m1/s1. The van der Waals surface area contributed by atoms with E-state index in [0.717, 1.165) is 36.3 Å². The minimum absolute atomic E-state index is 0.0556. The summed E-state index contributed by atoms with van der Waals surface area (Å²) in [6.45, 7) is 1.53. The molecular formula is C19H24N4O2. The number of hydrogen-bond acceptors (Lipinski definition) is 4. The smallest absolute Gasteiger partial charge is 0.225 e. The predicted octanol–water partition coefficient (Wildman–Crippen LogP) is 1.54. The molecule has 0 spiro atoms. The van der Waals surface area contributed by atoms with Gasteiger partial charge in [-0.1, -0.05) is 12.1 Å². The highest BCUT2D eigenvalue weighted by atomic mass is 16.5. The van der Waals surface area contributed by atoms with Crippen LogP contribution in [0.15, 0.2) is 36.7 Å². The van der Waals surface area contributed by atoms with Gasteiger partial charge in [0.2, 0.25) is 5.91 Å². The number of ether oxygens (including phenoxy) is 1. The summed E-state index contributed by atoms with van der Waals surface area (Å²) in [5.74, 6) is 1.09. The third-order valence-corrected chi connectivity index (χ3v) is 5.46. The van der Waals surface area contributed by atoms with Crippen molar-refractivity contribution in [3.63, 3.8) is 0 Å². The van der Waals surface area contributed by atoms with Crippen molar-refractivity contribution in [2.45, 2.75) is 24.3 Å². The van der Waals surface area contributed by atoms with Crippen molar-refractivity contribution in [2.75, 3.05) is 20.2 Å². The summed E-state index contributed by atoms with van der Waals surface area (Å²) >= 11 is 0. The lowest BCUT2D eigenvalue weighted by molar-refractivity contribution is -0.125. The van der Waals surface area contributed by atoms with Crippen molar-refractivity contribution in [3.05, 3.63) is 47.8 Å². The lowest BCUT2D eigenvalue weighted by Gasteiger charge is -2.23. The van der Waals surface area contributed by atoms with Crippen molar-refractivity contribution in [1.29, 1.82) is 0 Å². The molecule has 0 unspecified atom stereocenters. The molecule has 1 saturated heterocycles. The Morgan fingerprint density at radius 1 is 1.32 bits per heavy atom. The maximum absolute atomic E-state index is 13.0. The average molecular weight is 340 g/mol. The molecule has 4 rings (SSSR count). The minimum atomic E-state index is -0.203. The summed E-state index contributed by atoms with van der Waals surface area (Å²) in [7, 11) is 3.57. The SMILES string of the molecule is COc1ccc(C2(NC(=O)[C@H]3CNC[C@@H]3c3cnn(C)c3)CC2)cc1. The Morgan fingerprint density at radius 3 is 2.68 bits per heavy atom. The molecule has 0 bridgehead atoms. The van der Waals surface area contributed by atoms with E-state index < -0.39 is 0 Å². The van der Waals surface area contributed by atoms with Gasteiger partial charge in [-0.25, -0.2) is 0 Å². The summed E-state index contributed by atoms with van der Waals surface area (Å²) in [6.07, 6.45) is 5.86. The van der Waals surface area contributed by atoms with Gasteiger partial charge in [0, 0.05) is 32.3 Å². The Bertz CT molecular complexity index is 764. The first kappa shape index (κ1) is 16.1. The fraction of sp³-hybridized carbons (Fsp3) is 0.474. The van der Waals surface area contributed by atoms with Crippen LogP contribution in [-0.4, -0.2) is 35.9 Å². The number of carbonyl (C=O) groups excluding carboxylic acids is 1. The highest BCUT2D eigenvalue weighted by Crippen LogP contribution is 2.46. The van der Waals surface area contributed by atoms with E-state index in [-0.39, 0.29) is 23.3 Å². The molecule has 1 aromatic heterocycles. The summed E-state index contributed by atoms with van der Waals surface area (Å²) in [4.78, 5) is 13.0. The Labute approximate surface area is 147 Å². The molecule has 25 heavy (non-hydrogen) atoms. The molecule has 1 amide bonds. The number of aromatic nitrogens is 2. The normalized spacial score (nSPS) is 24.1. The highest BCUT2D eigenvalue weighted by Gasteiger charge is 2.47. The van der Waals surface area contributed by atoms with E-state index in [2.05, 4.69) is 27.9 Å². The second kappa shape index (κ2) is 6.19. The molecule has 2 N–H and O–H groups in total. The van der Waals surface area contributed by atoms with Crippen LogP contribution in [0.25, 0.3) is 0 Å². The van der Waals surface area contributed by atoms with Crippen LogP contribution in [0.3, 0.4) is 0 Å². The molecule has 1 aliphatic heterocycles. The van der Waals surface area contributed by atoms with Crippen LogP contribution < -0.4 is 15.4 Å². The molecule has 1 aliphatic carbocycles. The number of nitrogens with one attached hydrogen (secondary N) is 2.